The highest BCUT2D eigenvalue weighted by molar-refractivity contribution is 6.14. The maximum absolute atomic E-state index is 12.5. The van der Waals surface area contributed by atoms with Crippen molar-refractivity contribution in [3.8, 4) is 23.3 Å². The maximum atomic E-state index is 12.5. The Morgan fingerprint density at radius 2 is 1.75 bits per heavy atom. The third kappa shape index (κ3) is 3.73. The van der Waals surface area contributed by atoms with Crippen LogP contribution in [0.4, 0.5) is 0 Å². The Bertz CT molecular complexity index is 818. The average molecular weight is 323 g/mol. The van der Waals surface area contributed by atoms with Crippen LogP contribution in [-0.4, -0.2) is 27.1 Å². The van der Waals surface area contributed by atoms with Gasteiger partial charge in [0.05, 0.1) is 21.3 Å². The van der Waals surface area contributed by atoms with E-state index in [2.05, 4.69) is 0 Å². The molecule has 0 saturated carbocycles. The summed E-state index contributed by atoms with van der Waals surface area (Å²) >= 11 is 0. The van der Waals surface area contributed by atoms with Crippen molar-refractivity contribution in [3.63, 3.8) is 0 Å². The molecule has 0 N–H and O–H groups in total. The fraction of sp³-hybridized carbons (Fsp3) is 0.158. The van der Waals surface area contributed by atoms with E-state index in [4.69, 9.17) is 14.2 Å². The molecule has 0 unspecified atom stereocenters. The van der Waals surface area contributed by atoms with Crippen LogP contribution in [-0.2, 0) is 0 Å². The largest absolute Gasteiger partial charge is 0.497 e. The number of Topliss-reactive ketones (excluding diaryl/α,β-unsaturated/α-hetero) is 1. The molecule has 0 amide bonds. The van der Waals surface area contributed by atoms with E-state index in [1.165, 1.54) is 20.3 Å². The number of carbonyl (C=O) groups is 1. The molecule has 0 heterocycles. The van der Waals surface area contributed by atoms with Gasteiger partial charge < -0.3 is 14.2 Å². The first kappa shape index (κ1) is 17.1. The molecule has 0 aliphatic rings. The molecule has 122 valence electrons. The zero-order valence-corrected chi connectivity index (χ0v) is 13.7. The second kappa shape index (κ2) is 7.84. The number of rotatable bonds is 6. The van der Waals surface area contributed by atoms with Crippen molar-refractivity contribution in [3.05, 3.63) is 59.2 Å². The Morgan fingerprint density at radius 3 is 2.38 bits per heavy atom. The molecule has 0 bridgehead atoms. The lowest BCUT2D eigenvalue weighted by Gasteiger charge is -2.08. The first-order valence-electron chi connectivity index (χ1n) is 7.15. The molecule has 0 radical (unpaired) electrons. The Hall–Kier alpha value is -3.26. The van der Waals surface area contributed by atoms with Gasteiger partial charge in [-0.25, -0.2) is 0 Å². The minimum Gasteiger partial charge on any atom is -0.497 e. The summed E-state index contributed by atoms with van der Waals surface area (Å²) in [6.07, 6.45) is 1.52. The zero-order valence-electron chi connectivity index (χ0n) is 13.7. The van der Waals surface area contributed by atoms with Crippen molar-refractivity contribution < 1.29 is 19.0 Å². The van der Waals surface area contributed by atoms with E-state index < -0.39 is 0 Å². The van der Waals surface area contributed by atoms with E-state index in [0.29, 0.717) is 28.4 Å². The number of allylic oxidation sites excluding steroid dienone is 1. The molecule has 0 saturated heterocycles. The second-order valence-corrected chi connectivity index (χ2v) is 4.85. The van der Waals surface area contributed by atoms with Crippen molar-refractivity contribution in [2.45, 2.75) is 0 Å². The first-order valence-corrected chi connectivity index (χ1v) is 7.15. The van der Waals surface area contributed by atoms with Gasteiger partial charge in [0.1, 0.15) is 17.4 Å². The van der Waals surface area contributed by atoms with Gasteiger partial charge in [-0.15, -0.1) is 0 Å². The summed E-state index contributed by atoms with van der Waals surface area (Å²) in [7, 11) is 4.59. The normalized spacial score (nSPS) is 10.7. The van der Waals surface area contributed by atoms with Crippen LogP contribution in [0.5, 0.6) is 17.2 Å². The molecule has 0 aromatic heterocycles. The van der Waals surface area contributed by atoms with Crippen LogP contribution in [0.15, 0.2) is 48.0 Å². The third-order valence-corrected chi connectivity index (χ3v) is 3.42. The number of ether oxygens (including phenoxy) is 3. The molecular weight excluding hydrogens is 306 g/mol. The van der Waals surface area contributed by atoms with Gasteiger partial charge in [-0.1, -0.05) is 18.2 Å². The monoisotopic (exact) mass is 323 g/mol. The van der Waals surface area contributed by atoms with Gasteiger partial charge in [-0.3, -0.25) is 4.79 Å². The van der Waals surface area contributed by atoms with Gasteiger partial charge >= 0.3 is 0 Å². The van der Waals surface area contributed by atoms with Gasteiger partial charge in [0.2, 0.25) is 5.78 Å². The second-order valence-electron chi connectivity index (χ2n) is 4.85. The van der Waals surface area contributed by atoms with Crippen LogP contribution in [0, 0.1) is 11.3 Å². The van der Waals surface area contributed by atoms with Gasteiger partial charge in [-0.2, -0.15) is 5.26 Å². The molecule has 2 rings (SSSR count). The van der Waals surface area contributed by atoms with Gasteiger partial charge in [-0.05, 0) is 35.9 Å². The number of carbonyl (C=O) groups excluding carboxylic acids is 1. The van der Waals surface area contributed by atoms with Crippen LogP contribution in [0.2, 0.25) is 0 Å². The average Bonchev–Trinajstić information content (AvgIpc) is 2.65. The standard InChI is InChI=1S/C19H17NO4/c1-22-16-6-4-5-14(11-16)19(21)15(12-20)9-13-7-8-17(23-2)18(10-13)24-3/h4-11H,1-3H3/b15-9+. The Balaban J connectivity index is 2.38. The minimum atomic E-state index is -0.369. The summed E-state index contributed by atoms with van der Waals surface area (Å²) in [6.45, 7) is 0. The number of benzene rings is 2. The van der Waals surface area contributed by atoms with E-state index in [1.54, 1.807) is 49.6 Å². The van der Waals surface area contributed by atoms with E-state index in [-0.39, 0.29) is 11.4 Å². The fourth-order valence-corrected chi connectivity index (χ4v) is 2.18. The van der Waals surface area contributed by atoms with E-state index in [1.807, 2.05) is 6.07 Å². The van der Waals surface area contributed by atoms with E-state index in [9.17, 15) is 10.1 Å². The van der Waals surface area contributed by atoms with E-state index in [0.717, 1.165) is 0 Å². The summed E-state index contributed by atoms with van der Waals surface area (Å²) in [4.78, 5) is 12.5. The zero-order chi connectivity index (χ0) is 17.5. The molecule has 5 nitrogen and oxygen atoms in total. The highest BCUT2D eigenvalue weighted by atomic mass is 16.5. The van der Waals surface area contributed by atoms with Gasteiger partial charge in [0.25, 0.3) is 0 Å². The van der Waals surface area contributed by atoms with Crippen molar-refractivity contribution in [1.82, 2.24) is 0 Å². The van der Waals surface area contributed by atoms with Crippen molar-refractivity contribution >= 4 is 11.9 Å². The number of hydrogen-bond acceptors (Lipinski definition) is 5. The molecule has 5 heteroatoms. The van der Waals surface area contributed by atoms with Crippen molar-refractivity contribution in [2.75, 3.05) is 21.3 Å². The van der Waals surface area contributed by atoms with E-state index >= 15 is 0 Å². The molecule has 2 aromatic rings. The molecule has 2 aromatic carbocycles. The number of nitriles is 1. The highest BCUT2D eigenvalue weighted by Gasteiger charge is 2.13. The lowest BCUT2D eigenvalue weighted by Crippen LogP contribution is -2.02. The number of methoxy groups -OCH3 is 3. The SMILES string of the molecule is COc1cccc(C(=O)/C(C#N)=C/c2ccc(OC)c(OC)c2)c1. The molecule has 0 aliphatic carbocycles. The summed E-state index contributed by atoms with van der Waals surface area (Å²) in [5, 5.41) is 9.35. The predicted octanol–water partition coefficient (Wildman–Crippen LogP) is 3.50. The molecule has 0 atom stereocenters. The Labute approximate surface area is 140 Å². The van der Waals surface area contributed by atoms with Gasteiger partial charge in [0.15, 0.2) is 11.5 Å². The topological polar surface area (TPSA) is 68.6 Å². The highest BCUT2D eigenvalue weighted by Crippen LogP contribution is 2.28. The Kier molecular flexibility index (Phi) is 5.58. The van der Waals surface area contributed by atoms with Crippen molar-refractivity contribution in [2.24, 2.45) is 0 Å². The predicted molar refractivity (Wildman–Crippen MR) is 90.5 cm³/mol. The van der Waals surface area contributed by atoms with Crippen molar-refractivity contribution in [1.29, 1.82) is 5.26 Å². The van der Waals surface area contributed by atoms with Crippen LogP contribution in [0.3, 0.4) is 0 Å². The molecule has 0 spiro atoms. The van der Waals surface area contributed by atoms with Crippen LogP contribution in [0.1, 0.15) is 15.9 Å². The smallest absolute Gasteiger partial charge is 0.203 e. The van der Waals surface area contributed by atoms with Crippen LogP contribution >= 0.6 is 0 Å². The first-order chi connectivity index (χ1) is 11.6. The summed E-state index contributed by atoms with van der Waals surface area (Å²) in [5.74, 6) is 1.29. The molecule has 0 aliphatic heterocycles. The lowest BCUT2D eigenvalue weighted by atomic mass is 10.0. The van der Waals surface area contributed by atoms with Crippen LogP contribution in [0.25, 0.3) is 6.08 Å². The number of ketones is 1. The van der Waals surface area contributed by atoms with Gasteiger partial charge in [0, 0.05) is 5.56 Å². The molecule has 0 fully saturated rings. The minimum absolute atomic E-state index is 0.0236. The molecular formula is C19H17NO4. The third-order valence-electron chi connectivity index (χ3n) is 3.42. The fourth-order valence-electron chi connectivity index (χ4n) is 2.18. The summed E-state index contributed by atoms with van der Waals surface area (Å²) < 4.78 is 15.5. The molecule has 24 heavy (non-hydrogen) atoms. The van der Waals surface area contributed by atoms with Crippen LogP contribution < -0.4 is 14.2 Å². The summed E-state index contributed by atoms with van der Waals surface area (Å²) in [6, 6.07) is 13.8. The quantitative estimate of drug-likeness (QED) is 0.462. The lowest BCUT2D eigenvalue weighted by molar-refractivity contribution is 0.103. The summed E-state index contributed by atoms with van der Waals surface area (Å²) in [5.41, 5.74) is 1.08. The number of nitrogens with zero attached hydrogens (tertiary/aromatic N) is 1. The number of hydrogen-bond donors (Lipinski definition) is 0. The Morgan fingerprint density at radius 1 is 1.00 bits per heavy atom. The maximum Gasteiger partial charge on any atom is 0.203 e.